The molecule has 12 nitrogen and oxygen atoms in total. The van der Waals surface area contributed by atoms with Crippen LogP contribution in [-0.2, 0) is 30.5 Å². The lowest BCUT2D eigenvalue weighted by molar-refractivity contribution is -0.138. The minimum atomic E-state index is -1.24. The number of nitrogens with one attached hydrogen (secondary N) is 3. The summed E-state index contributed by atoms with van der Waals surface area (Å²) in [6, 6.07) is 14.4. The van der Waals surface area contributed by atoms with Crippen LogP contribution < -0.4 is 21.7 Å². The highest BCUT2D eigenvalue weighted by molar-refractivity contribution is 7.99. The molecule has 16 heteroatoms. The summed E-state index contributed by atoms with van der Waals surface area (Å²) in [6.07, 6.45) is 2.09. The number of rotatable bonds is 21. The molecule has 3 aromatic rings. The van der Waals surface area contributed by atoms with Crippen LogP contribution in [0.4, 0.5) is 8.78 Å². The minimum Gasteiger partial charge on any atom is -0.480 e. The molecule has 0 fully saturated rings. The maximum Gasteiger partial charge on any atom is 0.316 e. The summed E-state index contributed by atoms with van der Waals surface area (Å²) in [5.74, 6) is -3.46. The van der Waals surface area contributed by atoms with Crippen LogP contribution >= 0.6 is 24.4 Å². The zero-order valence-electron chi connectivity index (χ0n) is 30.8. The van der Waals surface area contributed by atoms with Gasteiger partial charge in [0.05, 0.1) is 18.3 Å². The van der Waals surface area contributed by atoms with Gasteiger partial charge in [-0.05, 0) is 48.2 Å². The van der Waals surface area contributed by atoms with E-state index in [1.807, 2.05) is 61.7 Å². The average molecular weight is 789 g/mol. The van der Waals surface area contributed by atoms with Gasteiger partial charge in [-0.25, -0.2) is 8.78 Å². The quantitative estimate of drug-likeness (QED) is 0.0694. The molecule has 0 bridgehead atoms. The molecule has 0 saturated heterocycles. The molecule has 2 atom stereocenters. The Morgan fingerprint density at radius 3 is 2.30 bits per heavy atom. The molecule has 0 aliphatic rings. The minimum absolute atomic E-state index is 0.0947. The van der Waals surface area contributed by atoms with Gasteiger partial charge < -0.3 is 36.3 Å². The zero-order valence-corrected chi connectivity index (χ0v) is 32.5. The number of carboxylic acids is 1. The van der Waals surface area contributed by atoms with E-state index in [4.69, 9.17) is 10.8 Å². The largest absolute Gasteiger partial charge is 0.480 e. The summed E-state index contributed by atoms with van der Waals surface area (Å²) in [7, 11) is 0. The zero-order chi connectivity index (χ0) is 39.8. The highest BCUT2D eigenvalue weighted by Gasteiger charge is 2.37. The van der Waals surface area contributed by atoms with Crippen LogP contribution in [0.25, 0.3) is 11.1 Å². The molecular formula is C38H50F2N6O6S2. The van der Waals surface area contributed by atoms with Gasteiger partial charge in [-0.15, -0.1) is 0 Å². The van der Waals surface area contributed by atoms with Crippen LogP contribution in [0, 0.1) is 17.0 Å². The second kappa shape index (κ2) is 21.5. The average Bonchev–Trinajstić information content (AvgIpc) is 3.52. The van der Waals surface area contributed by atoms with Crippen molar-refractivity contribution in [1.29, 1.82) is 0 Å². The van der Waals surface area contributed by atoms with Gasteiger partial charge in [-0.3, -0.25) is 24.0 Å². The first-order valence-corrected chi connectivity index (χ1v) is 19.3. The normalized spacial score (nSPS) is 12.4. The highest BCUT2D eigenvalue weighted by atomic mass is 32.2. The predicted octanol–water partition coefficient (Wildman–Crippen LogP) is 3.99. The Bertz CT molecular complexity index is 1740. The van der Waals surface area contributed by atoms with Gasteiger partial charge >= 0.3 is 5.97 Å². The van der Waals surface area contributed by atoms with Gasteiger partial charge in [0.1, 0.15) is 16.9 Å². The summed E-state index contributed by atoms with van der Waals surface area (Å²) in [5.41, 5.74) is 7.79. The molecule has 1 aromatic heterocycles. The number of carbonyl (C=O) groups is 5. The summed E-state index contributed by atoms with van der Waals surface area (Å²) in [4.78, 5) is 62.7. The molecule has 0 aliphatic carbocycles. The molecule has 6 N–H and O–H groups in total. The van der Waals surface area contributed by atoms with Gasteiger partial charge in [0.2, 0.25) is 23.6 Å². The molecule has 0 aliphatic heterocycles. The number of halogens is 2. The number of carbonyl (C=O) groups excluding carboxylic acids is 4. The van der Waals surface area contributed by atoms with Crippen LogP contribution in [0.15, 0.2) is 60.8 Å². The predicted molar refractivity (Wildman–Crippen MR) is 209 cm³/mol. The van der Waals surface area contributed by atoms with Crippen LogP contribution in [0.5, 0.6) is 0 Å². The number of thiol groups is 1. The van der Waals surface area contributed by atoms with Gasteiger partial charge in [0, 0.05) is 67.8 Å². The van der Waals surface area contributed by atoms with E-state index in [1.54, 1.807) is 11.1 Å². The molecule has 294 valence electrons. The highest BCUT2D eigenvalue weighted by Crippen LogP contribution is 2.41. The van der Waals surface area contributed by atoms with Crippen molar-refractivity contribution in [3.63, 3.8) is 0 Å². The lowest BCUT2D eigenvalue weighted by Crippen LogP contribution is -2.44. The summed E-state index contributed by atoms with van der Waals surface area (Å²) < 4.78 is 31.3. The number of hydrogen-bond donors (Lipinski definition) is 6. The Labute approximate surface area is 324 Å². The molecule has 4 amide bonds. The van der Waals surface area contributed by atoms with E-state index in [1.165, 1.54) is 17.8 Å². The third-order valence-electron chi connectivity index (χ3n) is 8.28. The van der Waals surface area contributed by atoms with E-state index in [2.05, 4.69) is 28.6 Å². The first-order chi connectivity index (χ1) is 25.6. The first kappa shape index (κ1) is 44.0. The molecule has 0 spiro atoms. The monoisotopic (exact) mass is 788 g/mol. The summed E-state index contributed by atoms with van der Waals surface area (Å²) >= 11 is 5.09. The van der Waals surface area contributed by atoms with Gasteiger partial charge in [0.25, 0.3) is 0 Å². The van der Waals surface area contributed by atoms with E-state index in [0.29, 0.717) is 37.4 Å². The Morgan fingerprint density at radius 2 is 1.65 bits per heavy atom. The number of hydrogen-bond acceptors (Lipinski definition) is 8. The molecule has 2 aromatic carbocycles. The fraction of sp³-hybridized carbons (Fsp3) is 0.447. The first-order valence-electron chi connectivity index (χ1n) is 17.6. The SMILES string of the molecule is CC(C)(C)[C@H](c1cc(-c2cc(F)ccc2F)cn1Cc1ccccc1)N(CCCN)C(=O)CSCCC(=O)NCCNC(=O)CNC(=O)CC(S)C(=O)O. The third kappa shape index (κ3) is 14.1. The third-order valence-corrected chi connectivity index (χ3v) is 9.63. The number of thioether (sulfide) groups is 1. The Morgan fingerprint density at radius 1 is 0.963 bits per heavy atom. The van der Waals surface area contributed by atoms with E-state index < -0.39 is 46.1 Å². The van der Waals surface area contributed by atoms with Crippen molar-refractivity contribution < 1.29 is 37.9 Å². The fourth-order valence-electron chi connectivity index (χ4n) is 5.75. The van der Waals surface area contributed by atoms with Gasteiger partial charge in [0.15, 0.2) is 0 Å². The number of aromatic nitrogens is 1. The Kier molecular flexibility index (Phi) is 17.5. The van der Waals surface area contributed by atoms with Crippen LogP contribution in [0.3, 0.4) is 0 Å². The van der Waals surface area contributed by atoms with E-state index in [0.717, 1.165) is 23.4 Å². The Hall–Kier alpha value is -4.41. The topological polar surface area (TPSA) is 176 Å². The van der Waals surface area contributed by atoms with Crippen molar-refractivity contribution in [3.8, 4) is 11.1 Å². The fourth-order valence-corrected chi connectivity index (χ4v) is 6.73. The molecule has 54 heavy (non-hydrogen) atoms. The number of carboxylic acid groups (broad SMARTS) is 1. The lowest BCUT2D eigenvalue weighted by atomic mass is 9.83. The molecule has 0 radical (unpaired) electrons. The van der Waals surface area contributed by atoms with Crippen molar-refractivity contribution in [1.82, 2.24) is 25.4 Å². The van der Waals surface area contributed by atoms with E-state index in [-0.39, 0.29) is 55.6 Å². The van der Waals surface area contributed by atoms with Gasteiger partial charge in [-0.2, -0.15) is 24.4 Å². The maximum atomic E-state index is 15.0. The number of benzene rings is 2. The van der Waals surface area contributed by atoms with Crippen molar-refractivity contribution in [3.05, 3.63) is 83.7 Å². The Balaban J connectivity index is 1.64. The second-order valence-corrected chi connectivity index (χ2v) is 15.5. The van der Waals surface area contributed by atoms with Crippen molar-refractivity contribution in [2.45, 2.75) is 57.9 Å². The van der Waals surface area contributed by atoms with Crippen molar-refractivity contribution in [2.75, 3.05) is 44.2 Å². The second-order valence-electron chi connectivity index (χ2n) is 13.7. The summed E-state index contributed by atoms with van der Waals surface area (Å²) in [6.45, 7) is 7.15. The molecule has 1 unspecified atom stereocenters. The van der Waals surface area contributed by atoms with E-state index >= 15 is 4.39 Å². The lowest BCUT2D eigenvalue weighted by Gasteiger charge is -2.41. The molecule has 3 rings (SSSR count). The molecule has 1 heterocycles. The van der Waals surface area contributed by atoms with E-state index in [9.17, 15) is 28.4 Å². The smallest absolute Gasteiger partial charge is 0.316 e. The summed E-state index contributed by atoms with van der Waals surface area (Å²) in [5, 5.41) is 15.2. The maximum absolute atomic E-state index is 15.0. The van der Waals surface area contributed by atoms with Crippen LogP contribution in [-0.4, -0.2) is 93.7 Å². The van der Waals surface area contributed by atoms with Crippen molar-refractivity contribution >= 4 is 54.0 Å². The molecule has 0 saturated carbocycles. The van der Waals surface area contributed by atoms with Crippen LogP contribution in [0.1, 0.15) is 57.3 Å². The molecular weight excluding hydrogens is 739 g/mol. The van der Waals surface area contributed by atoms with Crippen LogP contribution in [0.2, 0.25) is 0 Å². The number of nitrogens with zero attached hydrogens (tertiary/aromatic N) is 2. The number of aliphatic carboxylic acids is 1. The van der Waals surface area contributed by atoms with Gasteiger partial charge in [-0.1, -0.05) is 51.1 Å². The number of nitrogens with two attached hydrogens (primary N) is 1. The standard InChI is InChI=1S/C38H50F2N6O6S2/c1-38(2,3)36(30-18-26(28-19-27(39)10-11-29(28)40)23-45(30)22-25-8-5-4-6-9-25)46(16-7-13-41)35(50)24-54-17-12-32(47)42-14-15-43-34(49)21-44-33(48)20-31(53)37(51)52/h4-6,8-11,18-19,23,31,36,53H,7,12-17,20-22,24,41H2,1-3H3,(H,42,47)(H,43,49)(H,44,48)(H,51,52)/t31?,36-/m0/s1. The number of amides is 4. The van der Waals surface area contributed by atoms with Crippen molar-refractivity contribution in [2.24, 2.45) is 11.1 Å².